The summed E-state index contributed by atoms with van der Waals surface area (Å²) in [6.45, 7) is 6.15. The van der Waals surface area contributed by atoms with E-state index in [0.717, 1.165) is 31.4 Å². The Morgan fingerprint density at radius 3 is 2.63 bits per heavy atom. The molecule has 5 heteroatoms. The molecular weight excluding hydrogens is 242 g/mol. The number of aliphatic hydroxyl groups is 1. The molecule has 0 aliphatic heterocycles. The minimum absolute atomic E-state index is 0.157. The van der Waals surface area contributed by atoms with E-state index in [4.69, 9.17) is 0 Å². The number of hydrogen-bond donors (Lipinski definition) is 3. The minimum atomic E-state index is -0.742. The first-order valence-corrected chi connectivity index (χ1v) is 6.93. The van der Waals surface area contributed by atoms with Crippen LogP contribution in [0.4, 0.5) is 0 Å². The molecule has 106 valence electrons. The molecule has 1 aromatic rings. The molecule has 0 saturated heterocycles. The first kappa shape index (κ1) is 14.1. The third-order valence-corrected chi connectivity index (χ3v) is 4.14. The van der Waals surface area contributed by atoms with E-state index in [1.165, 1.54) is 0 Å². The van der Waals surface area contributed by atoms with Gasteiger partial charge < -0.3 is 10.4 Å². The van der Waals surface area contributed by atoms with Gasteiger partial charge in [-0.15, -0.1) is 0 Å². The summed E-state index contributed by atoms with van der Waals surface area (Å²) in [5.74, 6) is 0.519. The molecular formula is C14H23N3O2. The van der Waals surface area contributed by atoms with Gasteiger partial charge in [0.05, 0.1) is 16.9 Å². The lowest BCUT2D eigenvalue weighted by Gasteiger charge is -2.34. The Kier molecular flexibility index (Phi) is 3.94. The number of amides is 1. The SMILES string of the molecule is Cc1n[nH]c(C)c1C(=O)NCC1(O)CCC(C)CC1. The molecule has 1 amide bonds. The molecule has 1 saturated carbocycles. The predicted octanol–water partition coefficient (Wildman–Crippen LogP) is 1.70. The standard InChI is InChI=1S/C14H23N3O2/c1-9-4-6-14(19,7-5-9)8-15-13(18)12-10(2)16-17-11(12)3/h9,19H,4-8H2,1-3H3,(H,15,18)(H,16,17). The van der Waals surface area contributed by atoms with Gasteiger partial charge in [0.25, 0.3) is 5.91 Å². The van der Waals surface area contributed by atoms with Gasteiger partial charge in [0.1, 0.15) is 0 Å². The second kappa shape index (κ2) is 5.33. The highest BCUT2D eigenvalue weighted by Crippen LogP contribution is 2.31. The van der Waals surface area contributed by atoms with Crippen molar-refractivity contribution >= 4 is 5.91 Å². The van der Waals surface area contributed by atoms with Gasteiger partial charge in [-0.25, -0.2) is 0 Å². The Morgan fingerprint density at radius 2 is 2.11 bits per heavy atom. The monoisotopic (exact) mass is 265 g/mol. The van der Waals surface area contributed by atoms with Gasteiger partial charge in [-0.3, -0.25) is 9.89 Å². The second-order valence-corrected chi connectivity index (χ2v) is 5.90. The van der Waals surface area contributed by atoms with Crippen molar-refractivity contribution in [2.24, 2.45) is 5.92 Å². The number of H-pyrrole nitrogens is 1. The van der Waals surface area contributed by atoms with E-state index in [9.17, 15) is 9.90 Å². The molecule has 1 heterocycles. The fourth-order valence-electron chi connectivity index (χ4n) is 2.69. The van der Waals surface area contributed by atoms with Crippen LogP contribution < -0.4 is 5.32 Å². The summed E-state index contributed by atoms with van der Waals surface area (Å²) in [6.07, 6.45) is 3.57. The molecule has 0 atom stereocenters. The zero-order valence-electron chi connectivity index (χ0n) is 11.9. The summed E-state index contributed by atoms with van der Waals surface area (Å²) >= 11 is 0. The Hall–Kier alpha value is -1.36. The van der Waals surface area contributed by atoms with Gasteiger partial charge in [-0.2, -0.15) is 5.10 Å². The summed E-state index contributed by atoms with van der Waals surface area (Å²) < 4.78 is 0. The third-order valence-electron chi connectivity index (χ3n) is 4.14. The number of nitrogens with zero attached hydrogens (tertiary/aromatic N) is 1. The molecule has 0 radical (unpaired) electrons. The first-order valence-electron chi connectivity index (χ1n) is 6.93. The number of hydrogen-bond acceptors (Lipinski definition) is 3. The van der Waals surface area contributed by atoms with Crippen molar-refractivity contribution < 1.29 is 9.90 Å². The van der Waals surface area contributed by atoms with Crippen molar-refractivity contribution in [3.05, 3.63) is 17.0 Å². The predicted molar refractivity (Wildman–Crippen MR) is 73.0 cm³/mol. The van der Waals surface area contributed by atoms with Crippen LogP contribution in [0.1, 0.15) is 54.4 Å². The van der Waals surface area contributed by atoms with E-state index in [1.807, 2.05) is 6.92 Å². The minimum Gasteiger partial charge on any atom is -0.388 e. The molecule has 3 N–H and O–H groups in total. The van der Waals surface area contributed by atoms with Crippen LogP contribution >= 0.6 is 0 Å². The maximum Gasteiger partial charge on any atom is 0.255 e. The van der Waals surface area contributed by atoms with Crippen LogP contribution in [0.2, 0.25) is 0 Å². The largest absolute Gasteiger partial charge is 0.388 e. The molecule has 0 bridgehead atoms. The lowest BCUT2D eigenvalue weighted by molar-refractivity contribution is -0.00541. The molecule has 19 heavy (non-hydrogen) atoms. The number of nitrogens with one attached hydrogen (secondary N) is 2. The molecule has 5 nitrogen and oxygen atoms in total. The number of carbonyl (C=O) groups is 1. The van der Waals surface area contributed by atoms with Crippen molar-refractivity contribution in [3.8, 4) is 0 Å². The number of aromatic amines is 1. The molecule has 1 aromatic heterocycles. The number of aryl methyl sites for hydroxylation is 2. The topological polar surface area (TPSA) is 78.0 Å². The smallest absolute Gasteiger partial charge is 0.255 e. The summed E-state index contributed by atoms with van der Waals surface area (Å²) in [4.78, 5) is 12.1. The quantitative estimate of drug-likeness (QED) is 0.778. The van der Waals surface area contributed by atoms with Gasteiger partial charge in [0.15, 0.2) is 0 Å². The Balaban J connectivity index is 1.94. The highest BCUT2D eigenvalue weighted by atomic mass is 16.3. The van der Waals surface area contributed by atoms with Gasteiger partial charge in [0, 0.05) is 12.2 Å². The van der Waals surface area contributed by atoms with E-state index in [2.05, 4.69) is 22.4 Å². The van der Waals surface area contributed by atoms with Crippen molar-refractivity contribution in [2.45, 2.75) is 52.1 Å². The van der Waals surface area contributed by atoms with Crippen LogP contribution in [-0.2, 0) is 0 Å². The Labute approximate surface area is 113 Å². The number of aromatic nitrogens is 2. The average molecular weight is 265 g/mol. The highest BCUT2D eigenvalue weighted by Gasteiger charge is 2.32. The van der Waals surface area contributed by atoms with Crippen LogP contribution in [0, 0.1) is 19.8 Å². The Morgan fingerprint density at radius 1 is 1.47 bits per heavy atom. The van der Waals surface area contributed by atoms with E-state index in [0.29, 0.717) is 23.7 Å². The molecule has 1 fully saturated rings. The lowest BCUT2D eigenvalue weighted by atomic mass is 9.79. The van der Waals surface area contributed by atoms with Crippen molar-refractivity contribution in [1.29, 1.82) is 0 Å². The van der Waals surface area contributed by atoms with Gasteiger partial charge >= 0.3 is 0 Å². The summed E-state index contributed by atoms with van der Waals surface area (Å²) in [5, 5.41) is 20.1. The van der Waals surface area contributed by atoms with E-state index < -0.39 is 5.60 Å². The maximum atomic E-state index is 12.1. The average Bonchev–Trinajstić information content (AvgIpc) is 2.71. The summed E-state index contributed by atoms with van der Waals surface area (Å²) in [6, 6.07) is 0. The highest BCUT2D eigenvalue weighted by molar-refractivity contribution is 5.96. The van der Waals surface area contributed by atoms with E-state index in [-0.39, 0.29) is 5.91 Å². The molecule has 0 aromatic carbocycles. The lowest BCUT2D eigenvalue weighted by Crippen LogP contribution is -2.45. The number of rotatable bonds is 3. The van der Waals surface area contributed by atoms with Crippen molar-refractivity contribution in [1.82, 2.24) is 15.5 Å². The van der Waals surface area contributed by atoms with Gasteiger partial charge in [-0.05, 0) is 45.4 Å². The summed E-state index contributed by atoms with van der Waals surface area (Å²) in [5.41, 5.74) is 1.31. The van der Waals surface area contributed by atoms with Crippen LogP contribution in [0.25, 0.3) is 0 Å². The molecule has 1 aliphatic rings. The van der Waals surface area contributed by atoms with Crippen LogP contribution in [0.15, 0.2) is 0 Å². The van der Waals surface area contributed by atoms with Crippen LogP contribution in [0.3, 0.4) is 0 Å². The molecule has 2 rings (SSSR count). The normalized spacial score (nSPS) is 27.3. The van der Waals surface area contributed by atoms with E-state index >= 15 is 0 Å². The first-order chi connectivity index (χ1) is 8.91. The van der Waals surface area contributed by atoms with Gasteiger partial charge in [0.2, 0.25) is 0 Å². The van der Waals surface area contributed by atoms with Crippen LogP contribution in [-0.4, -0.2) is 33.4 Å². The van der Waals surface area contributed by atoms with E-state index in [1.54, 1.807) is 6.92 Å². The van der Waals surface area contributed by atoms with Crippen molar-refractivity contribution in [3.63, 3.8) is 0 Å². The molecule has 1 aliphatic carbocycles. The molecule has 0 unspecified atom stereocenters. The Bertz CT molecular complexity index is 440. The summed E-state index contributed by atoms with van der Waals surface area (Å²) in [7, 11) is 0. The van der Waals surface area contributed by atoms with Gasteiger partial charge in [-0.1, -0.05) is 6.92 Å². The zero-order chi connectivity index (χ0) is 14.0. The zero-order valence-corrected chi connectivity index (χ0v) is 11.9. The number of carbonyl (C=O) groups excluding carboxylic acids is 1. The third kappa shape index (κ3) is 3.15. The fourth-order valence-corrected chi connectivity index (χ4v) is 2.69. The second-order valence-electron chi connectivity index (χ2n) is 5.90. The maximum absolute atomic E-state index is 12.1. The van der Waals surface area contributed by atoms with Crippen LogP contribution in [0.5, 0.6) is 0 Å². The van der Waals surface area contributed by atoms with Crippen molar-refractivity contribution in [2.75, 3.05) is 6.54 Å². The fraction of sp³-hybridized carbons (Fsp3) is 0.714. The molecule has 0 spiro atoms.